The number of rotatable bonds is 6. The zero-order valence-electron chi connectivity index (χ0n) is 19.4. The molecule has 1 fully saturated rings. The Morgan fingerprint density at radius 3 is 2.35 bits per heavy atom. The molecule has 0 aromatic heterocycles. The zero-order valence-corrected chi connectivity index (χ0v) is 21.6. The fraction of sp³-hybridized carbons (Fsp3) is 0.440. The summed E-state index contributed by atoms with van der Waals surface area (Å²) in [5.74, 6) is -1.75. The first-order valence-corrected chi connectivity index (χ1v) is 12.2. The Morgan fingerprint density at radius 1 is 1.09 bits per heavy atom. The number of hydrogen-bond acceptors (Lipinski definition) is 4. The number of ether oxygens (including phenoxy) is 2. The van der Waals surface area contributed by atoms with Gasteiger partial charge >= 0.3 is 6.09 Å². The highest BCUT2D eigenvalue weighted by atomic mass is 127. The number of nitrogens with one attached hydrogen (secondary N) is 1. The number of amides is 2. The number of carbonyl (C=O) groups is 2. The van der Waals surface area contributed by atoms with E-state index in [1.54, 1.807) is 32.9 Å². The topological polar surface area (TPSA) is 90.7 Å². The number of hydrogen-bond donors (Lipinski definition) is 2. The molecule has 2 aromatic rings. The van der Waals surface area contributed by atoms with Gasteiger partial charge in [0.15, 0.2) is 0 Å². The molecule has 6 nitrogen and oxygen atoms in total. The number of halogens is 3. The molecule has 1 saturated carbocycles. The summed E-state index contributed by atoms with van der Waals surface area (Å²) in [5.41, 5.74) is 5.68. The fourth-order valence-electron chi connectivity index (χ4n) is 4.00. The Morgan fingerprint density at radius 2 is 1.76 bits per heavy atom. The van der Waals surface area contributed by atoms with Crippen molar-refractivity contribution in [1.82, 2.24) is 5.32 Å². The van der Waals surface area contributed by atoms with E-state index in [4.69, 9.17) is 15.2 Å². The van der Waals surface area contributed by atoms with Gasteiger partial charge < -0.3 is 20.5 Å². The van der Waals surface area contributed by atoms with Crippen LogP contribution >= 0.6 is 22.6 Å². The van der Waals surface area contributed by atoms with Crippen LogP contribution in [-0.2, 0) is 11.2 Å². The number of alkyl carbamates (subject to hydrolysis) is 1. The molecule has 0 aliphatic heterocycles. The lowest BCUT2D eigenvalue weighted by Crippen LogP contribution is -2.42. The summed E-state index contributed by atoms with van der Waals surface area (Å²) in [6, 6.07) is 6.98. The van der Waals surface area contributed by atoms with Crippen molar-refractivity contribution in [2.75, 3.05) is 0 Å². The normalized spacial score (nSPS) is 18.3. The molecule has 1 aliphatic rings. The average molecular weight is 586 g/mol. The van der Waals surface area contributed by atoms with Crippen molar-refractivity contribution in [2.24, 2.45) is 5.73 Å². The molecule has 1 aliphatic carbocycles. The van der Waals surface area contributed by atoms with E-state index in [2.05, 4.69) is 5.32 Å². The van der Waals surface area contributed by atoms with Gasteiger partial charge in [-0.05, 0) is 98.4 Å². The van der Waals surface area contributed by atoms with E-state index >= 15 is 0 Å². The Bertz CT molecular complexity index is 1060. The molecule has 0 atom stereocenters. The van der Waals surface area contributed by atoms with Crippen LogP contribution in [-0.4, -0.2) is 29.7 Å². The number of benzene rings is 2. The van der Waals surface area contributed by atoms with Crippen LogP contribution in [0, 0.1) is 15.2 Å². The van der Waals surface area contributed by atoms with Crippen molar-refractivity contribution in [3.63, 3.8) is 0 Å². The first-order chi connectivity index (χ1) is 15.9. The molecular formula is C25H29F2IN2O4. The predicted molar refractivity (Wildman–Crippen MR) is 133 cm³/mol. The number of nitrogens with two attached hydrogens (primary N) is 1. The van der Waals surface area contributed by atoms with E-state index in [1.807, 2.05) is 22.6 Å². The van der Waals surface area contributed by atoms with Gasteiger partial charge in [-0.3, -0.25) is 4.79 Å². The fourth-order valence-corrected chi connectivity index (χ4v) is 4.45. The third-order valence-corrected chi connectivity index (χ3v) is 6.15. The SMILES string of the molecule is CC(C)(C)OC(=O)NC1CCC(Oc2cc(F)cc(Cc3ccc(I)cc3F)c2C(N)=O)CC1. The second-order valence-electron chi connectivity index (χ2n) is 9.45. The molecule has 0 spiro atoms. The van der Waals surface area contributed by atoms with Gasteiger partial charge in [0, 0.05) is 22.1 Å². The second-order valence-corrected chi connectivity index (χ2v) is 10.7. The Kier molecular flexibility index (Phi) is 8.38. The van der Waals surface area contributed by atoms with Crippen LogP contribution in [0.15, 0.2) is 30.3 Å². The Balaban J connectivity index is 1.71. The first kappa shape index (κ1) is 26.2. The van der Waals surface area contributed by atoms with Crippen molar-refractivity contribution >= 4 is 34.6 Å². The highest BCUT2D eigenvalue weighted by Crippen LogP contribution is 2.31. The zero-order chi connectivity index (χ0) is 25.0. The van der Waals surface area contributed by atoms with Crippen molar-refractivity contribution in [1.29, 1.82) is 0 Å². The van der Waals surface area contributed by atoms with Gasteiger partial charge in [0.05, 0.1) is 11.7 Å². The summed E-state index contributed by atoms with van der Waals surface area (Å²) in [7, 11) is 0. The highest BCUT2D eigenvalue weighted by molar-refractivity contribution is 14.1. The average Bonchev–Trinajstić information content (AvgIpc) is 2.69. The smallest absolute Gasteiger partial charge is 0.407 e. The second kappa shape index (κ2) is 10.9. The van der Waals surface area contributed by atoms with Crippen LogP contribution < -0.4 is 15.8 Å². The van der Waals surface area contributed by atoms with Crippen molar-refractivity contribution in [3.05, 3.63) is 62.2 Å². The lowest BCUT2D eigenvalue weighted by molar-refractivity contribution is 0.0469. The van der Waals surface area contributed by atoms with Gasteiger partial charge in [-0.1, -0.05) is 6.07 Å². The third-order valence-electron chi connectivity index (χ3n) is 5.48. The van der Waals surface area contributed by atoms with Gasteiger partial charge in [-0.2, -0.15) is 0 Å². The van der Waals surface area contributed by atoms with E-state index in [-0.39, 0.29) is 35.4 Å². The molecular weight excluding hydrogens is 557 g/mol. The molecule has 0 heterocycles. The maximum absolute atomic E-state index is 14.4. The molecule has 0 unspecified atom stereocenters. The predicted octanol–water partition coefficient (Wildman–Crippen LogP) is 5.47. The Labute approximate surface area is 211 Å². The van der Waals surface area contributed by atoms with E-state index < -0.39 is 29.2 Å². The Hall–Kier alpha value is -2.43. The minimum Gasteiger partial charge on any atom is -0.489 e. The molecule has 0 radical (unpaired) electrons. The van der Waals surface area contributed by atoms with Gasteiger partial charge in [0.1, 0.15) is 23.0 Å². The lowest BCUT2D eigenvalue weighted by atomic mass is 9.92. The largest absolute Gasteiger partial charge is 0.489 e. The van der Waals surface area contributed by atoms with Crippen LogP contribution in [0.4, 0.5) is 13.6 Å². The summed E-state index contributed by atoms with van der Waals surface area (Å²) in [4.78, 5) is 24.3. The third kappa shape index (κ3) is 7.28. The molecule has 184 valence electrons. The maximum atomic E-state index is 14.4. The van der Waals surface area contributed by atoms with Gasteiger partial charge in [-0.25, -0.2) is 13.6 Å². The van der Waals surface area contributed by atoms with Crippen LogP contribution in [0.2, 0.25) is 0 Å². The number of carbonyl (C=O) groups excluding carboxylic acids is 2. The summed E-state index contributed by atoms with van der Waals surface area (Å²) in [6.07, 6.45) is 1.73. The quantitative estimate of drug-likeness (QED) is 0.440. The number of primary amides is 1. The summed E-state index contributed by atoms with van der Waals surface area (Å²) in [6.45, 7) is 5.40. The van der Waals surface area contributed by atoms with Gasteiger partial charge in [-0.15, -0.1) is 0 Å². The molecule has 9 heteroatoms. The monoisotopic (exact) mass is 586 g/mol. The van der Waals surface area contributed by atoms with Gasteiger partial charge in [0.25, 0.3) is 5.91 Å². The molecule has 0 saturated heterocycles. The molecule has 3 N–H and O–H groups in total. The van der Waals surface area contributed by atoms with E-state index in [1.165, 1.54) is 12.1 Å². The summed E-state index contributed by atoms with van der Waals surface area (Å²) in [5, 5.41) is 2.86. The standard InChI is InChI=1S/C25H29F2IN2O4/c1-25(2,3)34-24(32)30-18-6-8-19(9-7-18)33-21-12-16(26)11-15(22(21)23(29)31)10-14-4-5-17(28)13-20(14)27/h4-5,11-13,18-19H,6-10H2,1-3H3,(H2,29,31)(H,30,32). The summed E-state index contributed by atoms with van der Waals surface area (Å²) >= 11 is 2.00. The molecule has 3 rings (SSSR count). The van der Waals surface area contributed by atoms with Crippen LogP contribution in [0.1, 0.15) is 67.9 Å². The first-order valence-electron chi connectivity index (χ1n) is 11.1. The molecule has 34 heavy (non-hydrogen) atoms. The minimum absolute atomic E-state index is 0.00168. The van der Waals surface area contributed by atoms with Crippen molar-refractivity contribution in [2.45, 2.75) is 70.6 Å². The minimum atomic E-state index is -0.767. The van der Waals surface area contributed by atoms with E-state index in [0.717, 1.165) is 9.64 Å². The lowest BCUT2D eigenvalue weighted by Gasteiger charge is -2.31. The molecule has 0 bridgehead atoms. The van der Waals surface area contributed by atoms with Crippen LogP contribution in [0.25, 0.3) is 0 Å². The molecule has 2 aromatic carbocycles. The highest BCUT2D eigenvalue weighted by Gasteiger charge is 2.27. The van der Waals surface area contributed by atoms with Crippen molar-refractivity contribution in [3.8, 4) is 5.75 Å². The van der Waals surface area contributed by atoms with Crippen molar-refractivity contribution < 1.29 is 27.8 Å². The van der Waals surface area contributed by atoms with Gasteiger partial charge in [0.2, 0.25) is 0 Å². The van der Waals surface area contributed by atoms with E-state index in [9.17, 15) is 18.4 Å². The maximum Gasteiger partial charge on any atom is 0.407 e. The van der Waals surface area contributed by atoms with Crippen LogP contribution in [0.5, 0.6) is 5.75 Å². The molecule has 2 amide bonds. The van der Waals surface area contributed by atoms with E-state index in [0.29, 0.717) is 31.2 Å². The summed E-state index contributed by atoms with van der Waals surface area (Å²) < 4.78 is 40.9. The van der Waals surface area contributed by atoms with Crippen LogP contribution in [0.3, 0.4) is 0 Å².